The van der Waals surface area contributed by atoms with E-state index in [1.165, 1.54) is 23.2 Å². The van der Waals surface area contributed by atoms with Crippen LogP contribution in [0, 0.1) is 5.82 Å². The fourth-order valence-corrected chi connectivity index (χ4v) is 4.76. The van der Waals surface area contributed by atoms with Crippen molar-refractivity contribution in [1.82, 2.24) is 19.0 Å². The lowest BCUT2D eigenvalue weighted by molar-refractivity contribution is -0.127. The Morgan fingerprint density at radius 3 is 2.56 bits per heavy atom. The fourth-order valence-electron chi connectivity index (χ4n) is 4.35. The third kappa shape index (κ3) is 5.59. The van der Waals surface area contributed by atoms with Crippen molar-refractivity contribution >= 4 is 23.5 Å². The van der Waals surface area contributed by atoms with Crippen LogP contribution in [0.25, 0.3) is 0 Å². The van der Waals surface area contributed by atoms with Gasteiger partial charge < -0.3 is 15.0 Å². The van der Waals surface area contributed by atoms with Crippen LogP contribution in [0.5, 0.6) is 5.75 Å². The van der Waals surface area contributed by atoms with Crippen molar-refractivity contribution < 1.29 is 18.7 Å². The molecule has 2 amide bonds. The number of ether oxygens (including phenoxy) is 1. The van der Waals surface area contributed by atoms with Gasteiger partial charge in [0, 0.05) is 11.6 Å². The summed E-state index contributed by atoms with van der Waals surface area (Å²) in [5.74, 6) is -0.554. The van der Waals surface area contributed by atoms with E-state index >= 15 is 0 Å². The number of halogens is 1. The average Bonchev–Trinajstić information content (AvgIpc) is 3.40. The Hall–Kier alpha value is -3.33. The lowest BCUT2D eigenvalue weighted by Gasteiger charge is -2.33. The van der Waals surface area contributed by atoms with Crippen LogP contribution in [0.15, 0.2) is 54.7 Å². The minimum atomic E-state index is -0.985. The summed E-state index contributed by atoms with van der Waals surface area (Å²) < 4.78 is 27.3. The number of nitrogens with one attached hydrogen (secondary N) is 1. The molecule has 1 N–H and O–H groups in total. The molecular formula is C25H27FN4O3S. The Morgan fingerprint density at radius 2 is 1.88 bits per heavy atom. The number of nitrogens with zero attached hydrogens (tertiary/aromatic N) is 3. The van der Waals surface area contributed by atoms with E-state index in [-0.39, 0.29) is 24.2 Å². The van der Waals surface area contributed by atoms with Crippen molar-refractivity contribution in [2.75, 3.05) is 7.11 Å². The van der Waals surface area contributed by atoms with E-state index in [2.05, 4.69) is 14.1 Å². The number of hydrogen-bond acceptors (Lipinski definition) is 6. The molecule has 0 saturated heterocycles. The summed E-state index contributed by atoms with van der Waals surface area (Å²) >= 11 is 0.923. The second-order valence-corrected chi connectivity index (χ2v) is 8.89. The Bertz CT molecular complexity index is 1100. The number of methoxy groups -OCH3 is 1. The van der Waals surface area contributed by atoms with Crippen LogP contribution in [0.3, 0.4) is 0 Å². The molecule has 1 saturated carbocycles. The van der Waals surface area contributed by atoms with Crippen molar-refractivity contribution in [1.29, 1.82) is 0 Å². The van der Waals surface area contributed by atoms with E-state index in [1.54, 1.807) is 25.3 Å². The highest BCUT2D eigenvalue weighted by Crippen LogP contribution is 2.29. The largest absolute Gasteiger partial charge is 0.496 e. The first-order valence-corrected chi connectivity index (χ1v) is 12.1. The Morgan fingerprint density at radius 1 is 1.15 bits per heavy atom. The van der Waals surface area contributed by atoms with Crippen molar-refractivity contribution in [3.05, 3.63) is 77.4 Å². The number of aromatic nitrogens is 2. The van der Waals surface area contributed by atoms with Gasteiger partial charge in [-0.05, 0) is 36.6 Å². The zero-order valence-corrected chi connectivity index (χ0v) is 19.8. The molecule has 7 nitrogen and oxygen atoms in total. The van der Waals surface area contributed by atoms with Gasteiger partial charge in [-0.15, -0.1) is 0 Å². The molecule has 2 aromatic carbocycles. The predicted octanol–water partition coefficient (Wildman–Crippen LogP) is 4.52. The van der Waals surface area contributed by atoms with Crippen molar-refractivity contribution in [3.63, 3.8) is 0 Å². The molecule has 0 aliphatic heterocycles. The summed E-state index contributed by atoms with van der Waals surface area (Å²) in [5.41, 5.74) is 1.40. The molecule has 9 heteroatoms. The highest BCUT2D eigenvalue weighted by molar-refractivity contribution is 6.99. The zero-order chi connectivity index (χ0) is 23.9. The van der Waals surface area contributed by atoms with Crippen molar-refractivity contribution in [2.45, 2.75) is 50.7 Å². The molecule has 4 rings (SSSR count). The fraction of sp³-hybridized carbons (Fsp3) is 0.360. The highest BCUT2D eigenvalue weighted by Gasteiger charge is 2.35. The predicted molar refractivity (Wildman–Crippen MR) is 127 cm³/mol. The molecule has 0 bridgehead atoms. The molecule has 34 heavy (non-hydrogen) atoms. The number of carbonyl (C=O) groups is 2. The maximum Gasteiger partial charge on any atom is 0.276 e. The Balaban J connectivity index is 1.74. The second kappa shape index (κ2) is 11.2. The smallest absolute Gasteiger partial charge is 0.276 e. The molecule has 1 fully saturated rings. The van der Waals surface area contributed by atoms with Gasteiger partial charge in [-0.1, -0.05) is 49.6 Å². The lowest BCUT2D eigenvalue weighted by atomic mass is 9.94. The molecule has 1 atom stereocenters. The number of hydrogen-bond donors (Lipinski definition) is 1. The molecule has 0 radical (unpaired) electrons. The molecular weight excluding hydrogens is 455 g/mol. The molecule has 1 unspecified atom stereocenters. The quantitative estimate of drug-likeness (QED) is 0.510. The van der Waals surface area contributed by atoms with E-state index in [4.69, 9.17) is 4.74 Å². The number of rotatable bonds is 8. The third-order valence-corrected chi connectivity index (χ3v) is 6.55. The van der Waals surface area contributed by atoms with Gasteiger partial charge >= 0.3 is 0 Å². The van der Waals surface area contributed by atoms with Gasteiger partial charge in [0.1, 0.15) is 17.6 Å². The highest BCUT2D eigenvalue weighted by atomic mass is 32.1. The summed E-state index contributed by atoms with van der Waals surface area (Å²) in [5, 5.41) is 3.14. The maximum atomic E-state index is 13.7. The van der Waals surface area contributed by atoms with E-state index < -0.39 is 17.8 Å². The van der Waals surface area contributed by atoms with Gasteiger partial charge in [0.25, 0.3) is 5.91 Å². The van der Waals surface area contributed by atoms with Crippen LogP contribution < -0.4 is 10.1 Å². The van der Waals surface area contributed by atoms with Crippen LogP contribution in [0.2, 0.25) is 0 Å². The molecule has 0 spiro atoms. The van der Waals surface area contributed by atoms with Gasteiger partial charge in [-0.3, -0.25) is 9.59 Å². The van der Waals surface area contributed by atoms with Crippen LogP contribution in [0.4, 0.5) is 4.39 Å². The molecule has 178 valence electrons. The normalized spacial score (nSPS) is 14.9. The van der Waals surface area contributed by atoms with Gasteiger partial charge in [-0.25, -0.2) is 4.39 Å². The number of amides is 2. The standard InChI is InChI=1S/C25H27FN4O3S/c1-33-22-10-6-5-7-18(22)16-30(25(32)21-15-27-34-29-21)23(17-11-13-19(26)14-12-17)24(31)28-20-8-3-2-4-9-20/h5-7,10-15,20,23H,2-4,8-9,16H2,1H3,(H,28,31). The molecule has 1 aliphatic rings. The summed E-state index contributed by atoms with van der Waals surface area (Å²) in [7, 11) is 1.56. The van der Waals surface area contributed by atoms with Gasteiger partial charge in [0.15, 0.2) is 5.69 Å². The minimum absolute atomic E-state index is 0.0494. The van der Waals surface area contributed by atoms with Crippen LogP contribution in [-0.2, 0) is 11.3 Å². The van der Waals surface area contributed by atoms with Crippen LogP contribution >= 0.6 is 11.7 Å². The minimum Gasteiger partial charge on any atom is -0.496 e. The summed E-state index contributed by atoms with van der Waals surface area (Å²) in [6, 6.07) is 12.1. The Kier molecular flexibility index (Phi) is 7.84. The van der Waals surface area contributed by atoms with Gasteiger partial charge in [0.05, 0.1) is 31.6 Å². The van der Waals surface area contributed by atoms with Crippen LogP contribution in [0.1, 0.15) is 59.8 Å². The first kappa shape index (κ1) is 23.8. The van der Waals surface area contributed by atoms with Crippen LogP contribution in [-0.4, -0.2) is 38.6 Å². The third-order valence-electron chi connectivity index (χ3n) is 6.07. The number of carbonyl (C=O) groups excluding carboxylic acids is 2. The van der Waals surface area contributed by atoms with Crippen molar-refractivity contribution in [3.8, 4) is 5.75 Å². The number of benzene rings is 2. The topological polar surface area (TPSA) is 84.4 Å². The molecule has 1 heterocycles. The second-order valence-electron chi connectivity index (χ2n) is 8.34. The average molecular weight is 483 g/mol. The lowest BCUT2D eigenvalue weighted by Crippen LogP contribution is -2.47. The SMILES string of the molecule is COc1ccccc1CN(C(=O)c1cnsn1)C(C(=O)NC1CCCCC1)c1ccc(F)cc1. The van der Waals surface area contributed by atoms with E-state index in [1.807, 2.05) is 18.2 Å². The first-order chi connectivity index (χ1) is 16.6. The van der Waals surface area contributed by atoms with E-state index in [0.29, 0.717) is 11.3 Å². The summed E-state index contributed by atoms with van der Waals surface area (Å²) in [6.07, 6.45) is 6.46. The number of para-hydroxylation sites is 1. The van der Waals surface area contributed by atoms with Gasteiger partial charge in [-0.2, -0.15) is 8.75 Å². The molecule has 3 aromatic rings. The Labute approximate surface area is 202 Å². The summed E-state index contributed by atoms with van der Waals surface area (Å²) in [6.45, 7) is 0.0977. The van der Waals surface area contributed by atoms with Crippen molar-refractivity contribution in [2.24, 2.45) is 0 Å². The first-order valence-electron chi connectivity index (χ1n) is 11.3. The van der Waals surface area contributed by atoms with E-state index in [9.17, 15) is 14.0 Å². The van der Waals surface area contributed by atoms with E-state index in [0.717, 1.165) is 49.4 Å². The summed E-state index contributed by atoms with van der Waals surface area (Å²) in [4.78, 5) is 28.8. The maximum absolute atomic E-state index is 13.7. The zero-order valence-electron chi connectivity index (χ0n) is 18.9. The molecule has 1 aliphatic carbocycles. The molecule has 1 aromatic heterocycles. The monoisotopic (exact) mass is 482 g/mol. The van der Waals surface area contributed by atoms with Gasteiger partial charge in [0.2, 0.25) is 5.91 Å².